The summed E-state index contributed by atoms with van der Waals surface area (Å²) in [6, 6.07) is 11.1. The first kappa shape index (κ1) is 23.2. The number of carboxylic acids is 2. The molecule has 0 saturated carbocycles. The predicted octanol–water partition coefficient (Wildman–Crippen LogP) is 2.05. The number of carbonyl (C=O) groups excluding carboxylic acids is 1. The van der Waals surface area contributed by atoms with Crippen molar-refractivity contribution in [3.8, 4) is 11.1 Å². The fraction of sp³-hybridized carbons (Fsp3) is 0.286. The van der Waals surface area contributed by atoms with Crippen LogP contribution in [0.2, 0.25) is 0 Å². The van der Waals surface area contributed by atoms with Gasteiger partial charge in [0.1, 0.15) is 24.4 Å². The molecule has 2 aromatic rings. The Balaban J connectivity index is 1.89. The van der Waals surface area contributed by atoms with Gasteiger partial charge in [-0.25, -0.2) is 14.4 Å². The third-order valence-electron chi connectivity index (χ3n) is 5.31. The maximum absolute atomic E-state index is 12.8. The van der Waals surface area contributed by atoms with Gasteiger partial charge in [0.15, 0.2) is 0 Å². The van der Waals surface area contributed by atoms with Crippen LogP contribution in [0.3, 0.4) is 0 Å². The van der Waals surface area contributed by atoms with E-state index in [-0.39, 0.29) is 12.5 Å². The summed E-state index contributed by atoms with van der Waals surface area (Å²) in [5.41, 5.74) is 3.67. The summed E-state index contributed by atoms with van der Waals surface area (Å²) < 4.78 is 36.9. The van der Waals surface area contributed by atoms with Crippen molar-refractivity contribution in [3.63, 3.8) is 0 Å². The summed E-state index contributed by atoms with van der Waals surface area (Å²) in [4.78, 5) is 36.2. The van der Waals surface area contributed by atoms with E-state index in [1.807, 2.05) is 48.5 Å². The Bertz CT molecular complexity index is 1120. The average molecular weight is 463 g/mol. The van der Waals surface area contributed by atoms with Gasteiger partial charge in [0.2, 0.25) is 0 Å². The van der Waals surface area contributed by atoms with Crippen LogP contribution in [0.1, 0.15) is 24.0 Å². The van der Waals surface area contributed by atoms with E-state index in [4.69, 9.17) is 9.29 Å². The first-order valence-electron chi connectivity index (χ1n) is 9.55. The lowest BCUT2D eigenvalue weighted by Crippen LogP contribution is -2.55. The highest BCUT2D eigenvalue weighted by atomic mass is 32.2. The van der Waals surface area contributed by atoms with Crippen LogP contribution in [0.5, 0.6) is 0 Å². The van der Waals surface area contributed by atoms with Gasteiger partial charge in [0.25, 0.3) is 10.1 Å². The molecule has 0 saturated heterocycles. The van der Waals surface area contributed by atoms with E-state index in [1.165, 1.54) is 0 Å². The monoisotopic (exact) mass is 463 g/mol. The number of carbonyl (C=O) groups is 3. The Morgan fingerprint density at radius 2 is 1.47 bits per heavy atom. The highest BCUT2D eigenvalue weighted by Gasteiger charge is 2.41. The number of hydrogen-bond donors (Lipinski definition) is 3. The molecule has 0 spiro atoms. The lowest BCUT2D eigenvalue weighted by Gasteiger charge is -2.31. The molecule has 1 amide bonds. The number of benzene rings is 2. The smallest absolute Gasteiger partial charge is 0.411 e. The standard InChI is InChI=1S/C21H21NO9S/c1-12(19(23)24)22(18(20(25)26)11-32(28,29)30)21(27)31-10-17-15-8-4-2-6-13(15)14-7-3-5-9-16(14)17/h2-9,12,17-18H,10-11H2,1H3,(H,23,24)(H,25,26)(H,28,29,30)/t12-,18+/m1/s1. The van der Waals surface area contributed by atoms with Crippen LogP contribution >= 0.6 is 0 Å². The Hall–Kier alpha value is -3.44. The molecule has 1 aliphatic rings. The van der Waals surface area contributed by atoms with Crippen LogP contribution in [-0.4, -0.2) is 70.6 Å². The topological polar surface area (TPSA) is 159 Å². The van der Waals surface area contributed by atoms with Crippen molar-refractivity contribution in [2.75, 3.05) is 12.4 Å². The van der Waals surface area contributed by atoms with Crippen LogP contribution < -0.4 is 0 Å². The van der Waals surface area contributed by atoms with Gasteiger partial charge in [-0.1, -0.05) is 48.5 Å². The van der Waals surface area contributed by atoms with E-state index in [1.54, 1.807) is 0 Å². The molecule has 11 heteroatoms. The van der Waals surface area contributed by atoms with Crippen molar-refractivity contribution in [2.45, 2.75) is 24.9 Å². The fourth-order valence-electron chi connectivity index (χ4n) is 3.81. The van der Waals surface area contributed by atoms with Gasteiger partial charge in [0, 0.05) is 5.92 Å². The first-order chi connectivity index (χ1) is 15.0. The maximum atomic E-state index is 12.8. The number of fused-ring (bicyclic) bond motifs is 3. The molecule has 0 heterocycles. The first-order valence-corrected chi connectivity index (χ1v) is 11.2. The summed E-state index contributed by atoms with van der Waals surface area (Å²) in [6.07, 6.45) is -1.32. The number of ether oxygens (including phenoxy) is 1. The zero-order valence-electron chi connectivity index (χ0n) is 16.9. The van der Waals surface area contributed by atoms with Crippen molar-refractivity contribution >= 4 is 28.1 Å². The van der Waals surface area contributed by atoms with E-state index < -0.39 is 46.0 Å². The molecule has 0 aliphatic heterocycles. The summed E-state index contributed by atoms with van der Waals surface area (Å²) in [5, 5.41) is 18.7. The van der Waals surface area contributed by atoms with Gasteiger partial charge >= 0.3 is 18.0 Å². The van der Waals surface area contributed by atoms with Crippen LogP contribution in [0.25, 0.3) is 11.1 Å². The molecule has 3 N–H and O–H groups in total. The number of carboxylic acid groups (broad SMARTS) is 2. The van der Waals surface area contributed by atoms with E-state index in [0.717, 1.165) is 29.2 Å². The summed E-state index contributed by atoms with van der Waals surface area (Å²) in [6.45, 7) is 0.789. The van der Waals surface area contributed by atoms with Crippen LogP contribution in [0, 0.1) is 0 Å². The van der Waals surface area contributed by atoms with E-state index in [9.17, 15) is 33.0 Å². The molecular formula is C21H21NO9S. The largest absolute Gasteiger partial charge is 0.480 e. The molecule has 0 bridgehead atoms. The zero-order valence-corrected chi connectivity index (χ0v) is 17.7. The minimum absolute atomic E-state index is 0.228. The van der Waals surface area contributed by atoms with Crippen molar-refractivity contribution in [1.82, 2.24) is 4.90 Å². The van der Waals surface area contributed by atoms with Gasteiger partial charge in [-0.05, 0) is 29.2 Å². The molecule has 0 aromatic heterocycles. The fourth-order valence-corrected chi connectivity index (χ4v) is 4.52. The molecule has 10 nitrogen and oxygen atoms in total. The van der Waals surface area contributed by atoms with Gasteiger partial charge < -0.3 is 14.9 Å². The van der Waals surface area contributed by atoms with E-state index in [2.05, 4.69) is 0 Å². The van der Waals surface area contributed by atoms with Gasteiger partial charge in [-0.3, -0.25) is 9.45 Å². The van der Waals surface area contributed by atoms with Crippen molar-refractivity contribution in [3.05, 3.63) is 59.7 Å². The van der Waals surface area contributed by atoms with Crippen LogP contribution in [-0.2, 0) is 24.4 Å². The Morgan fingerprint density at radius 3 is 1.91 bits per heavy atom. The van der Waals surface area contributed by atoms with Crippen molar-refractivity contribution in [1.29, 1.82) is 0 Å². The molecule has 3 rings (SSSR count). The minimum atomic E-state index is -4.84. The molecule has 170 valence electrons. The SMILES string of the molecule is C[C@H](C(=O)O)N(C(=O)OCC1c2ccccc2-c2ccccc21)[C@@H](CS(=O)(=O)O)C(=O)O. The zero-order chi connectivity index (χ0) is 23.6. The summed E-state index contributed by atoms with van der Waals surface area (Å²) in [7, 11) is -4.84. The Morgan fingerprint density at radius 1 is 0.969 bits per heavy atom. The molecule has 0 fully saturated rings. The number of hydrogen-bond acceptors (Lipinski definition) is 6. The number of nitrogens with zero attached hydrogens (tertiary/aromatic N) is 1. The average Bonchev–Trinajstić information content (AvgIpc) is 3.04. The summed E-state index contributed by atoms with van der Waals surface area (Å²) >= 11 is 0. The van der Waals surface area contributed by atoms with Crippen molar-refractivity contribution < 1.29 is 42.3 Å². The van der Waals surface area contributed by atoms with Gasteiger partial charge in [-0.2, -0.15) is 8.42 Å². The normalized spacial score (nSPS) is 14.7. The maximum Gasteiger partial charge on any atom is 0.411 e. The number of amides is 1. The quantitative estimate of drug-likeness (QED) is 0.498. The predicted molar refractivity (Wildman–Crippen MR) is 112 cm³/mol. The van der Waals surface area contributed by atoms with E-state index >= 15 is 0 Å². The second kappa shape index (κ2) is 8.97. The van der Waals surface area contributed by atoms with Crippen LogP contribution in [0.15, 0.2) is 48.5 Å². The van der Waals surface area contributed by atoms with Crippen molar-refractivity contribution in [2.24, 2.45) is 0 Å². The third-order valence-corrected chi connectivity index (χ3v) is 6.05. The second-order valence-electron chi connectivity index (χ2n) is 7.33. The number of rotatable bonds is 8. The lowest BCUT2D eigenvalue weighted by atomic mass is 9.98. The summed E-state index contributed by atoms with van der Waals surface area (Å²) in [5.74, 6) is -5.13. The highest BCUT2D eigenvalue weighted by Crippen LogP contribution is 2.44. The molecule has 2 aromatic carbocycles. The molecule has 0 unspecified atom stereocenters. The molecular weight excluding hydrogens is 442 g/mol. The minimum Gasteiger partial charge on any atom is -0.480 e. The molecule has 2 atom stereocenters. The lowest BCUT2D eigenvalue weighted by molar-refractivity contribution is -0.148. The Labute approximate surface area is 183 Å². The van der Waals surface area contributed by atoms with Gasteiger partial charge in [0.05, 0.1) is 0 Å². The Kier molecular flexibility index (Phi) is 6.51. The third kappa shape index (κ3) is 4.73. The number of aliphatic carboxylic acids is 2. The van der Waals surface area contributed by atoms with E-state index in [0.29, 0.717) is 4.90 Å². The van der Waals surface area contributed by atoms with Gasteiger partial charge in [-0.15, -0.1) is 0 Å². The highest BCUT2D eigenvalue weighted by molar-refractivity contribution is 7.85. The second-order valence-corrected chi connectivity index (χ2v) is 8.83. The van der Waals surface area contributed by atoms with Crippen LogP contribution in [0.4, 0.5) is 4.79 Å². The molecule has 32 heavy (non-hydrogen) atoms. The molecule has 1 aliphatic carbocycles. The molecule has 0 radical (unpaired) electrons.